The molecule has 0 unspecified atom stereocenters. The van der Waals surface area contributed by atoms with Gasteiger partial charge in [-0.25, -0.2) is 13.1 Å². The van der Waals surface area contributed by atoms with Gasteiger partial charge in [0.1, 0.15) is 4.90 Å². The number of rotatable bonds is 4. The molecule has 1 fully saturated rings. The molecule has 112 valence electrons. The molecule has 0 spiro atoms. The first kappa shape index (κ1) is 15.6. The van der Waals surface area contributed by atoms with Crippen molar-refractivity contribution in [3.05, 3.63) is 23.2 Å². The van der Waals surface area contributed by atoms with E-state index in [1.807, 2.05) is 0 Å². The second-order valence-electron chi connectivity index (χ2n) is 5.21. The first-order valence-electron chi connectivity index (χ1n) is 6.61. The number of anilines is 1. The van der Waals surface area contributed by atoms with E-state index >= 15 is 0 Å². The monoisotopic (exact) mass is 318 g/mol. The molecular weight excluding hydrogens is 300 g/mol. The Hall–Kier alpha value is -0.820. The van der Waals surface area contributed by atoms with Crippen molar-refractivity contribution in [1.82, 2.24) is 4.72 Å². The summed E-state index contributed by atoms with van der Waals surface area (Å²) in [5, 5.41) is 9.83. The average Bonchev–Trinajstić information content (AvgIpc) is 2.37. The highest BCUT2D eigenvalue weighted by molar-refractivity contribution is 7.89. The molecule has 20 heavy (non-hydrogen) atoms. The second kappa shape index (κ2) is 6.30. The van der Waals surface area contributed by atoms with Crippen LogP contribution in [0.5, 0.6) is 0 Å². The minimum Gasteiger partial charge on any atom is -0.398 e. The van der Waals surface area contributed by atoms with E-state index in [-0.39, 0.29) is 22.6 Å². The molecule has 5 nitrogen and oxygen atoms in total. The smallest absolute Gasteiger partial charge is 0.242 e. The summed E-state index contributed by atoms with van der Waals surface area (Å²) in [5.41, 5.74) is 5.84. The fourth-order valence-electron chi connectivity index (χ4n) is 2.42. The number of aliphatic hydroxyl groups excluding tert-OH is 1. The van der Waals surface area contributed by atoms with Gasteiger partial charge in [-0.1, -0.05) is 11.6 Å². The normalized spacial score (nSPS) is 23.7. The Morgan fingerprint density at radius 3 is 2.55 bits per heavy atom. The number of nitrogen functional groups attached to an aromatic ring is 1. The maximum atomic E-state index is 12.2. The van der Waals surface area contributed by atoms with Crippen LogP contribution in [0.15, 0.2) is 23.1 Å². The lowest BCUT2D eigenvalue weighted by molar-refractivity contribution is 0.110. The van der Waals surface area contributed by atoms with Crippen LogP contribution in [0.1, 0.15) is 25.7 Å². The van der Waals surface area contributed by atoms with Crippen LogP contribution in [0.3, 0.4) is 0 Å². The Balaban J connectivity index is 2.00. The van der Waals surface area contributed by atoms with Crippen LogP contribution in [0, 0.1) is 5.92 Å². The third-order valence-corrected chi connectivity index (χ3v) is 5.37. The molecule has 0 atom stereocenters. The molecule has 1 saturated carbocycles. The summed E-state index contributed by atoms with van der Waals surface area (Å²) in [5.74, 6) is 0.265. The van der Waals surface area contributed by atoms with Crippen molar-refractivity contribution in [2.45, 2.75) is 36.7 Å². The lowest BCUT2D eigenvalue weighted by atomic mass is 9.88. The highest BCUT2D eigenvalue weighted by Gasteiger charge is 2.23. The van der Waals surface area contributed by atoms with E-state index < -0.39 is 10.0 Å². The molecule has 0 aliphatic heterocycles. The summed E-state index contributed by atoms with van der Waals surface area (Å²) >= 11 is 5.76. The molecular formula is C13H19ClN2O3S. The highest BCUT2D eigenvalue weighted by atomic mass is 35.5. The number of nitrogens with two attached hydrogens (primary N) is 1. The van der Waals surface area contributed by atoms with Crippen LogP contribution in [-0.4, -0.2) is 26.2 Å². The number of aliphatic hydroxyl groups is 1. The fraction of sp³-hybridized carbons (Fsp3) is 0.538. The molecule has 2 rings (SSSR count). The number of hydrogen-bond donors (Lipinski definition) is 3. The van der Waals surface area contributed by atoms with Crippen molar-refractivity contribution < 1.29 is 13.5 Å². The molecule has 1 aliphatic rings. The van der Waals surface area contributed by atoms with Gasteiger partial charge in [-0.05, 0) is 49.8 Å². The number of nitrogens with one attached hydrogen (secondary N) is 1. The Bertz CT molecular complexity index is 569. The highest BCUT2D eigenvalue weighted by Crippen LogP contribution is 2.25. The largest absolute Gasteiger partial charge is 0.398 e. The first-order valence-corrected chi connectivity index (χ1v) is 8.47. The van der Waals surface area contributed by atoms with Crippen molar-refractivity contribution in [2.75, 3.05) is 12.3 Å². The number of halogens is 1. The number of sulfonamides is 1. The van der Waals surface area contributed by atoms with E-state index in [1.165, 1.54) is 18.2 Å². The zero-order valence-electron chi connectivity index (χ0n) is 11.0. The summed E-state index contributed by atoms with van der Waals surface area (Å²) in [6, 6.07) is 4.33. The Morgan fingerprint density at radius 1 is 1.30 bits per heavy atom. The number of hydrogen-bond acceptors (Lipinski definition) is 4. The van der Waals surface area contributed by atoms with Crippen molar-refractivity contribution >= 4 is 27.3 Å². The minimum atomic E-state index is -3.62. The van der Waals surface area contributed by atoms with Crippen molar-refractivity contribution in [2.24, 2.45) is 5.92 Å². The van der Waals surface area contributed by atoms with Crippen LogP contribution < -0.4 is 10.5 Å². The molecule has 0 heterocycles. The van der Waals surface area contributed by atoms with Crippen LogP contribution in [0.4, 0.5) is 5.69 Å². The van der Waals surface area contributed by atoms with Gasteiger partial charge >= 0.3 is 0 Å². The van der Waals surface area contributed by atoms with Crippen LogP contribution >= 0.6 is 11.6 Å². The first-order chi connectivity index (χ1) is 9.38. The zero-order chi connectivity index (χ0) is 14.8. The SMILES string of the molecule is Nc1cc(Cl)ccc1S(=O)(=O)NCC1CCC(O)CC1. The Labute approximate surface area is 124 Å². The molecule has 0 bridgehead atoms. The van der Waals surface area contributed by atoms with E-state index in [2.05, 4.69) is 4.72 Å². The van der Waals surface area contributed by atoms with Crippen molar-refractivity contribution in [1.29, 1.82) is 0 Å². The molecule has 0 aromatic heterocycles. The Kier molecular flexibility index (Phi) is 4.90. The Morgan fingerprint density at radius 2 is 1.95 bits per heavy atom. The molecule has 7 heteroatoms. The minimum absolute atomic E-state index is 0.0535. The maximum absolute atomic E-state index is 12.2. The van der Waals surface area contributed by atoms with Crippen LogP contribution in [0.25, 0.3) is 0 Å². The van der Waals surface area contributed by atoms with Gasteiger partial charge in [0.25, 0.3) is 0 Å². The topological polar surface area (TPSA) is 92.4 Å². The van der Waals surface area contributed by atoms with Gasteiger partial charge in [0, 0.05) is 11.6 Å². The molecule has 1 aromatic carbocycles. The summed E-state index contributed by atoms with van der Waals surface area (Å²) < 4.78 is 27.0. The standard InChI is InChI=1S/C13H19ClN2O3S/c14-10-3-6-13(12(15)7-10)20(18,19)16-8-9-1-4-11(17)5-2-9/h3,6-7,9,11,16-17H,1-2,4-5,8,15H2. The molecule has 1 aliphatic carbocycles. The van der Waals surface area contributed by atoms with E-state index in [1.54, 1.807) is 0 Å². The summed E-state index contributed by atoms with van der Waals surface area (Å²) in [4.78, 5) is 0.0535. The van der Waals surface area contributed by atoms with E-state index in [0.29, 0.717) is 11.6 Å². The fourth-order valence-corrected chi connectivity index (χ4v) is 3.83. The quantitative estimate of drug-likeness (QED) is 0.737. The lowest BCUT2D eigenvalue weighted by Gasteiger charge is -2.25. The predicted molar refractivity (Wildman–Crippen MR) is 79.0 cm³/mol. The van der Waals surface area contributed by atoms with Crippen LogP contribution in [-0.2, 0) is 10.0 Å². The van der Waals surface area contributed by atoms with Gasteiger partial charge in [0.15, 0.2) is 0 Å². The van der Waals surface area contributed by atoms with Gasteiger partial charge in [-0.3, -0.25) is 0 Å². The third kappa shape index (κ3) is 3.85. The van der Waals surface area contributed by atoms with Gasteiger partial charge in [-0.2, -0.15) is 0 Å². The summed E-state index contributed by atoms with van der Waals surface area (Å²) in [7, 11) is -3.62. The number of benzene rings is 1. The third-order valence-electron chi connectivity index (χ3n) is 3.64. The van der Waals surface area contributed by atoms with E-state index in [9.17, 15) is 13.5 Å². The van der Waals surface area contributed by atoms with E-state index in [0.717, 1.165) is 25.7 Å². The second-order valence-corrected chi connectivity index (χ2v) is 7.38. The molecule has 0 saturated heterocycles. The van der Waals surface area contributed by atoms with Gasteiger partial charge in [-0.15, -0.1) is 0 Å². The predicted octanol–water partition coefficient (Wildman–Crippen LogP) is 1.75. The summed E-state index contributed by atoms with van der Waals surface area (Å²) in [6.45, 7) is 0.372. The van der Waals surface area contributed by atoms with Crippen LogP contribution in [0.2, 0.25) is 5.02 Å². The van der Waals surface area contributed by atoms with E-state index in [4.69, 9.17) is 17.3 Å². The average molecular weight is 319 g/mol. The van der Waals surface area contributed by atoms with Gasteiger partial charge in [0.2, 0.25) is 10.0 Å². The lowest BCUT2D eigenvalue weighted by Crippen LogP contribution is -2.32. The molecule has 4 N–H and O–H groups in total. The van der Waals surface area contributed by atoms with Gasteiger partial charge in [0.05, 0.1) is 11.8 Å². The van der Waals surface area contributed by atoms with Crippen molar-refractivity contribution in [3.8, 4) is 0 Å². The molecule has 0 amide bonds. The summed E-state index contributed by atoms with van der Waals surface area (Å²) in [6.07, 6.45) is 2.89. The maximum Gasteiger partial charge on any atom is 0.242 e. The molecule has 0 radical (unpaired) electrons. The molecule has 1 aromatic rings. The zero-order valence-corrected chi connectivity index (χ0v) is 12.6. The van der Waals surface area contributed by atoms with Gasteiger partial charge < -0.3 is 10.8 Å². The van der Waals surface area contributed by atoms with Crippen molar-refractivity contribution in [3.63, 3.8) is 0 Å².